The van der Waals surface area contributed by atoms with Gasteiger partial charge in [0.2, 0.25) is 10.0 Å². The molecule has 0 unspecified atom stereocenters. The lowest BCUT2D eigenvalue weighted by Gasteiger charge is -2.09. The average Bonchev–Trinajstić information content (AvgIpc) is 2.28. The van der Waals surface area contributed by atoms with Gasteiger partial charge in [0.25, 0.3) is 0 Å². The van der Waals surface area contributed by atoms with Crippen molar-refractivity contribution in [2.75, 3.05) is 24.3 Å². The van der Waals surface area contributed by atoms with E-state index in [1.54, 1.807) is 23.9 Å². The Kier molecular flexibility index (Phi) is 6.48. The summed E-state index contributed by atoms with van der Waals surface area (Å²) in [5.74, 6) is 1.04. The van der Waals surface area contributed by atoms with Crippen LogP contribution in [0.25, 0.3) is 0 Å². The van der Waals surface area contributed by atoms with Crippen molar-refractivity contribution in [3.05, 3.63) is 22.7 Å². The van der Waals surface area contributed by atoms with Crippen molar-refractivity contribution in [3.8, 4) is 0 Å². The zero-order valence-electron chi connectivity index (χ0n) is 10.1. The first kappa shape index (κ1) is 15.8. The highest BCUT2D eigenvalue weighted by Crippen LogP contribution is 2.22. The number of nitrogens with one attached hydrogen (secondary N) is 1. The second kappa shape index (κ2) is 7.37. The van der Waals surface area contributed by atoms with E-state index in [2.05, 4.69) is 20.7 Å². The Morgan fingerprint density at radius 3 is 2.72 bits per heavy atom. The number of thioether (sulfide) groups is 1. The summed E-state index contributed by atoms with van der Waals surface area (Å²) in [7, 11) is -3.50. The van der Waals surface area contributed by atoms with Crippen LogP contribution in [0.15, 0.2) is 27.6 Å². The molecule has 0 aromatic heterocycles. The molecule has 1 rings (SSSR count). The highest BCUT2D eigenvalue weighted by atomic mass is 79.9. The lowest BCUT2D eigenvalue weighted by Crippen LogP contribution is -2.25. The van der Waals surface area contributed by atoms with Crippen LogP contribution in [0, 0.1) is 0 Å². The Morgan fingerprint density at radius 2 is 2.11 bits per heavy atom. The van der Waals surface area contributed by atoms with Gasteiger partial charge in [-0.1, -0.05) is 15.9 Å². The summed E-state index contributed by atoms with van der Waals surface area (Å²) in [6, 6.07) is 4.75. The van der Waals surface area contributed by atoms with Crippen LogP contribution < -0.4 is 10.5 Å². The van der Waals surface area contributed by atoms with Crippen molar-refractivity contribution in [2.45, 2.75) is 17.7 Å². The number of nitrogen functional groups attached to an aromatic ring is 1. The Hall–Kier alpha value is -0.240. The Bertz CT molecular complexity index is 492. The van der Waals surface area contributed by atoms with E-state index in [1.165, 1.54) is 6.07 Å². The first-order chi connectivity index (χ1) is 8.47. The highest BCUT2D eigenvalue weighted by molar-refractivity contribution is 9.10. The minimum Gasteiger partial charge on any atom is -0.398 e. The maximum absolute atomic E-state index is 12.0. The van der Waals surface area contributed by atoms with Crippen molar-refractivity contribution in [3.63, 3.8) is 0 Å². The molecule has 0 saturated carbocycles. The number of rotatable bonds is 7. The molecule has 0 saturated heterocycles. The lowest BCUT2D eigenvalue weighted by atomic mass is 10.3. The fourth-order valence-electron chi connectivity index (χ4n) is 1.42. The van der Waals surface area contributed by atoms with Gasteiger partial charge in [-0.25, -0.2) is 13.1 Å². The molecule has 102 valence electrons. The van der Waals surface area contributed by atoms with E-state index in [1.807, 2.05) is 6.26 Å². The second-order valence-electron chi connectivity index (χ2n) is 3.78. The Morgan fingerprint density at radius 1 is 1.39 bits per heavy atom. The average molecular weight is 353 g/mol. The molecule has 3 N–H and O–H groups in total. The molecule has 7 heteroatoms. The standard InChI is InChI=1S/C11H17BrN2O2S2/c1-17-7-3-2-6-14-18(15,16)11-5-4-9(12)8-10(11)13/h4-5,8,14H,2-3,6-7,13H2,1H3. The zero-order chi connectivity index (χ0) is 13.6. The number of unbranched alkanes of at least 4 members (excludes halogenated alkanes) is 1. The molecule has 0 bridgehead atoms. The summed E-state index contributed by atoms with van der Waals surface area (Å²) in [5.41, 5.74) is 5.96. The fraction of sp³-hybridized carbons (Fsp3) is 0.455. The van der Waals surface area contributed by atoms with Crippen molar-refractivity contribution in [1.82, 2.24) is 4.72 Å². The number of halogens is 1. The van der Waals surface area contributed by atoms with E-state index < -0.39 is 10.0 Å². The molecule has 0 fully saturated rings. The van der Waals surface area contributed by atoms with Crippen LogP contribution in [0.2, 0.25) is 0 Å². The molecule has 18 heavy (non-hydrogen) atoms. The number of nitrogens with two attached hydrogens (primary N) is 1. The number of hydrogen-bond acceptors (Lipinski definition) is 4. The molecule has 1 aromatic rings. The van der Waals surface area contributed by atoms with E-state index in [0.29, 0.717) is 6.54 Å². The number of sulfonamides is 1. The van der Waals surface area contributed by atoms with E-state index in [4.69, 9.17) is 5.73 Å². The van der Waals surface area contributed by atoms with Gasteiger partial charge < -0.3 is 5.73 Å². The van der Waals surface area contributed by atoms with Gasteiger partial charge in [0.15, 0.2) is 0 Å². The number of hydrogen-bond donors (Lipinski definition) is 2. The zero-order valence-corrected chi connectivity index (χ0v) is 13.4. The van der Waals surface area contributed by atoms with Gasteiger partial charge in [0.05, 0.1) is 5.69 Å². The van der Waals surface area contributed by atoms with Gasteiger partial charge in [0.1, 0.15) is 4.90 Å². The third-order valence-electron chi connectivity index (χ3n) is 2.33. The molecule has 0 aliphatic heterocycles. The van der Waals surface area contributed by atoms with Gasteiger partial charge in [0, 0.05) is 11.0 Å². The Balaban J connectivity index is 2.63. The van der Waals surface area contributed by atoms with Crippen LogP contribution in [-0.4, -0.2) is 27.0 Å². The first-order valence-corrected chi connectivity index (χ1v) is 9.18. The van der Waals surface area contributed by atoms with E-state index in [-0.39, 0.29) is 10.6 Å². The number of anilines is 1. The molecule has 0 heterocycles. The fourth-order valence-corrected chi connectivity index (χ4v) is 3.48. The SMILES string of the molecule is CSCCCCNS(=O)(=O)c1ccc(Br)cc1N. The van der Waals surface area contributed by atoms with Crippen molar-refractivity contribution in [1.29, 1.82) is 0 Å². The summed E-state index contributed by atoms with van der Waals surface area (Å²) >= 11 is 5.00. The monoisotopic (exact) mass is 352 g/mol. The van der Waals surface area contributed by atoms with Crippen LogP contribution in [0.1, 0.15) is 12.8 Å². The summed E-state index contributed by atoms with van der Waals surface area (Å²) in [4.78, 5) is 0.135. The van der Waals surface area contributed by atoms with E-state index >= 15 is 0 Å². The van der Waals surface area contributed by atoms with Crippen LogP contribution in [0.3, 0.4) is 0 Å². The predicted molar refractivity (Wildman–Crippen MR) is 81.4 cm³/mol. The molecule has 0 spiro atoms. The van der Waals surface area contributed by atoms with Crippen molar-refractivity contribution in [2.24, 2.45) is 0 Å². The summed E-state index contributed by atoms with van der Waals surface area (Å²) in [6.45, 7) is 0.443. The van der Waals surface area contributed by atoms with Gasteiger partial charge in [-0.15, -0.1) is 0 Å². The van der Waals surface area contributed by atoms with Crippen LogP contribution in [0.4, 0.5) is 5.69 Å². The van der Waals surface area contributed by atoms with Gasteiger partial charge in [-0.2, -0.15) is 11.8 Å². The maximum atomic E-state index is 12.0. The topological polar surface area (TPSA) is 72.2 Å². The van der Waals surface area contributed by atoms with Crippen LogP contribution in [0.5, 0.6) is 0 Å². The molecule has 1 aromatic carbocycles. The molecular weight excluding hydrogens is 336 g/mol. The van der Waals surface area contributed by atoms with E-state index in [9.17, 15) is 8.42 Å². The van der Waals surface area contributed by atoms with Crippen LogP contribution in [-0.2, 0) is 10.0 Å². The molecule has 0 radical (unpaired) electrons. The minimum atomic E-state index is -3.50. The second-order valence-corrected chi connectivity index (χ2v) is 7.42. The predicted octanol–water partition coefficient (Wildman–Crippen LogP) is 2.45. The molecule has 0 atom stereocenters. The molecule has 0 aliphatic rings. The van der Waals surface area contributed by atoms with Crippen LogP contribution >= 0.6 is 27.7 Å². The highest BCUT2D eigenvalue weighted by Gasteiger charge is 2.16. The minimum absolute atomic E-state index is 0.135. The third kappa shape index (κ3) is 4.79. The smallest absolute Gasteiger partial charge is 0.242 e. The van der Waals surface area contributed by atoms with Gasteiger partial charge in [-0.05, 0) is 43.0 Å². The third-order valence-corrected chi connectivity index (χ3v) is 5.05. The van der Waals surface area contributed by atoms with Gasteiger partial charge in [-0.3, -0.25) is 0 Å². The number of benzene rings is 1. The maximum Gasteiger partial charge on any atom is 0.242 e. The van der Waals surface area contributed by atoms with Crippen molar-refractivity contribution < 1.29 is 8.42 Å². The first-order valence-electron chi connectivity index (χ1n) is 5.51. The molecule has 0 aliphatic carbocycles. The van der Waals surface area contributed by atoms with Crippen molar-refractivity contribution >= 4 is 43.4 Å². The molecule has 4 nitrogen and oxygen atoms in total. The summed E-state index contributed by atoms with van der Waals surface area (Å²) in [5, 5.41) is 0. The molecular formula is C11H17BrN2O2S2. The summed E-state index contributed by atoms with van der Waals surface area (Å²) in [6.07, 6.45) is 3.86. The lowest BCUT2D eigenvalue weighted by molar-refractivity contribution is 0.579. The molecule has 0 amide bonds. The Labute approximate surface area is 121 Å². The van der Waals surface area contributed by atoms with E-state index in [0.717, 1.165) is 23.1 Å². The quantitative estimate of drug-likeness (QED) is 0.583. The van der Waals surface area contributed by atoms with Gasteiger partial charge >= 0.3 is 0 Å². The summed E-state index contributed by atoms with van der Waals surface area (Å²) < 4.78 is 27.3. The largest absolute Gasteiger partial charge is 0.398 e. The normalized spacial score (nSPS) is 11.7.